The Balaban J connectivity index is 1.97. The first kappa shape index (κ1) is 14.5. The van der Waals surface area contributed by atoms with E-state index in [1.54, 1.807) is 6.07 Å². The Morgan fingerprint density at radius 3 is 2.86 bits per heavy atom. The average molecular weight is 291 g/mol. The minimum Gasteiger partial charge on any atom is -0.466 e. The lowest BCUT2D eigenvalue weighted by Crippen LogP contribution is -2.44. The molecular weight excluding hydrogens is 269 g/mol. The molecule has 4 heteroatoms. The summed E-state index contributed by atoms with van der Waals surface area (Å²) >= 11 is 0. The van der Waals surface area contributed by atoms with Gasteiger partial charge in [-0.15, -0.1) is 0 Å². The fourth-order valence-electron chi connectivity index (χ4n) is 3.92. The minimum atomic E-state index is -0.286. The number of carbonyl (C=O) groups is 1. The van der Waals surface area contributed by atoms with Crippen LogP contribution in [-0.2, 0) is 21.5 Å². The number of rotatable bonds is 4. The molecule has 1 heterocycles. The molecule has 1 fully saturated rings. The molecule has 0 radical (unpaired) electrons. The monoisotopic (exact) mass is 291 g/mol. The van der Waals surface area contributed by atoms with Gasteiger partial charge in [-0.05, 0) is 69.0 Å². The van der Waals surface area contributed by atoms with Crippen molar-refractivity contribution in [1.29, 1.82) is 0 Å². The molecule has 1 atom stereocenters. The number of fused-ring (bicyclic) bond motifs is 1. The van der Waals surface area contributed by atoms with Gasteiger partial charge in [0.1, 0.15) is 5.82 Å². The molecule has 1 saturated heterocycles. The predicted molar refractivity (Wildman–Crippen MR) is 78.5 cm³/mol. The van der Waals surface area contributed by atoms with Crippen LogP contribution in [0.25, 0.3) is 0 Å². The molecule has 1 aliphatic carbocycles. The van der Waals surface area contributed by atoms with E-state index in [-0.39, 0.29) is 17.3 Å². The number of likely N-dealkylation sites (tertiary alicyclic amines) is 1. The maximum Gasteiger partial charge on any atom is 0.308 e. The highest BCUT2D eigenvalue weighted by Crippen LogP contribution is 2.46. The topological polar surface area (TPSA) is 29.5 Å². The SMILES string of the molecule is CCOC(=O)CC1(N2CCCC2)CCc2cc(F)ccc21. The van der Waals surface area contributed by atoms with Gasteiger partial charge in [-0.25, -0.2) is 4.39 Å². The van der Waals surface area contributed by atoms with Crippen molar-refractivity contribution in [2.75, 3.05) is 19.7 Å². The molecule has 0 aromatic heterocycles. The number of nitrogens with zero attached hydrogens (tertiary/aromatic N) is 1. The van der Waals surface area contributed by atoms with E-state index in [2.05, 4.69) is 4.90 Å². The average Bonchev–Trinajstić information content (AvgIpc) is 3.08. The lowest BCUT2D eigenvalue weighted by Gasteiger charge is -2.39. The summed E-state index contributed by atoms with van der Waals surface area (Å²) in [4.78, 5) is 14.5. The van der Waals surface area contributed by atoms with E-state index in [4.69, 9.17) is 4.74 Å². The van der Waals surface area contributed by atoms with E-state index in [9.17, 15) is 9.18 Å². The van der Waals surface area contributed by atoms with Crippen molar-refractivity contribution in [2.45, 2.75) is 44.6 Å². The molecule has 21 heavy (non-hydrogen) atoms. The zero-order valence-corrected chi connectivity index (χ0v) is 12.5. The van der Waals surface area contributed by atoms with Crippen molar-refractivity contribution in [2.24, 2.45) is 0 Å². The first-order valence-electron chi connectivity index (χ1n) is 7.85. The summed E-state index contributed by atoms with van der Waals surface area (Å²) in [6.45, 7) is 4.26. The second-order valence-electron chi connectivity index (χ2n) is 6.01. The molecule has 0 bridgehead atoms. The van der Waals surface area contributed by atoms with Crippen LogP contribution in [-0.4, -0.2) is 30.6 Å². The summed E-state index contributed by atoms with van der Waals surface area (Å²) in [5.41, 5.74) is 1.89. The summed E-state index contributed by atoms with van der Waals surface area (Å²) in [6, 6.07) is 5.01. The molecule has 0 saturated carbocycles. The molecule has 1 aromatic rings. The van der Waals surface area contributed by atoms with E-state index in [0.717, 1.165) is 37.1 Å². The number of hydrogen-bond acceptors (Lipinski definition) is 3. The number of carbonyl (C=O) groups excluding carboxylic acids is 1. The van der Waals surface area contributed by atoms with Crippen LogP contribution >= 0.6 is 0 Å². The van der Waals surface area contributed by atoms with Gasteiger partial charge >= 0.3 is 5.97 Å². The molecule has 2 aliphatic rings. The van der Waals surface area contributed by atoms with Crippen LogP contribution in [0, 0.1) is 5.82 Å². The second-order valence-corrected chi connectivity index (χ2v) is 6.01. The number of hydrogen-bond donors (Lipinski definition) is 0. The Labute approximate surface area is 125 Å². The fraction of sp³-hybridized carbons (Fsp3) is 0.588. The number of halogens is 1. The molecule has 114 valence electrons. The maximum atomic E-state index is 13.5. The van der Waals surface area contributed by atoms with Crippen molar-refractivity contribution in [3.8, 4) is 0 Å². The molecule has 3 nitrogen and oxygen atoms in total. The fourth-order valence-corrected chi connectivity index (χ4v) is 3.92. The summed E-state index contributed by atoms with van der Waals surface area (Å²) in [6.07, 6.45) is 4.43. The zero-order chi connectivity index (χ0) is 14.9. The van der Waals surface area contributed by atoms with Crippen LogP contribution in [0.5, 0.6) is 0 Å². The highest BCUT2D eigenvalue weighted by Gasteiger charge is 2.46. The number of ether oxygens (including phenoxy) is 1. The number of esters is 1. The molecule has 0 N–H and O–H groups in total. The highest BCUT2D eigenvalue weighted by molar-refractivity contribution is 5.72. The first-order valence-corrected chi connectivity index (χ1v) is 7.85. The van der Waals surface area contributed by atoms with Crippen LogP contribution in [0.3, 0.4) is 0 Å². The summed E-state index contributed by atoms with van der Waals surface area (Å²) in [7, 11) is 0. The Kier molecular flexibility index (Phi) is 3.98. The summed E-state index contributed by atoms with van der Waals surface area (Å²) in [5.74, 6) is -0.344. The van der Waals surface area contributed by atoms with Crippen LogP contribution in [0.4, 0.5) is 4.39 Å². The summed E-state index contributed by atoms with van der Waals surface area (Å²) in [5, 5.41) is 0. The van der Waals surface area contributed by atoms with Crippen LogP contribution in [0.15, 0.2) is 18.2 Å². The van der Waals surface area contributed by atoms with Gasteiger partial charge in [-0.1, -0.05) is 6.07 Å². The van der Waals surface area contributed by atoms with Crippen molar-refractivity contribution in [1.82, 2.24) is 4.90 Å². The van der Waals surface area contributed by atoms with Crippen molar-refractivity contribution in [3.05, 3.63) is 35.1 Å². The van der Waals surface area contributed by atoms with E-state index in [1.165, 1.54) is 18.9 Å². The quantitative estimate of drug-likeness (QED) is 0.799. The lowest BCUT2D eigenvalue weighted by molar-refractivity contribution is -0.146. The lowest BCUT2D eigenvalue weighted by atomic mass is 9.86. The van der Waals surface area contributed by atoms with Gasteiger partial charge in [0.25, 0.3) is 0 Å². The van der Waals surface area contributed by atoms with Gasteiger partial charge in [0.15, 0.2) is 0 Å². The Morgan fingerprint density at radius 2 is 2.14 bits per heavy atom. The third kappa shape index (κ3) is 2.57. The van der Waals surface area contributed by atoms with E-state index in [1.807, 2.05) is 13.0 Å². The standard InChI is InChI=1S/C17H22FNO2/c1-2-21-16(20)12-17(19-9-3-4-10-19)8-7-13-11-14(18)5-6-15(13)17/h5-6,11H,2-4,7-10,12H2,1H3. The Bertz CT molecular complexity index is 540. The third-order valence-electron chi connectivity index (χ3n) is 4.83. The second kappa shape index (κ2) is 5.76. The number of benzene rings is 1. The van der Waals surface area contributed by atoms with Crippen molar-refractivity contribution in [3.63, 3.8) is 0 Å². The maximum absolute atomic E-state index is 13.5. The minimum absolute atomic E-state index is 0.151. The number of aryl methyl sites for hydroxylation is 1. The Morgan fingerprint density at radius 1 is 1.38 bits per heavy atom. The van der Waals surface area contributed by atoms with Crippen LogP contribution in [0.1, 0.15) is 43.7 Å². The predicted octanol–water partition coefficient (Wildman–Crippen LogP) is 3.02. The highest BCUT2D eigenvalue weighted by atomic mass is 19.1. The molecule has 1 unspecified atom stereocenters. The molecule has 1 aliphatic heterocycles. The summed E-state index contributed by atoms with van der Waals surface area (Å²) < 4.78 is 18.7. The third-order valence-corrected chi connectivity index (χ3v) is 4.83. The van der Waals surface area contributed by atoms with E-state index >= 15 is 0 Å². The smallest absolute Gasteiger partial charge is 0.308 e. The molecular formula is C17H22FNO2. The molecule has 0 spiro atoms. The van der Waals surface area contributed by atoms with Crippen molar-refractivity contribution >= 4 is 5.97 Å². The largest absolute Gasteiger partial charge is 0.466 e. The Hall–Kier alpha value is -1.42. The van der Waals surface area contributed by atoms with Gasteiger partial charge < -0.3 is 4.74 Å². The van der Waals surface area contributed by atoms with Gasteiger partial charge in [0.2, 0.25) is 0 Å². The van der Waals surface area contributed by atoms with Gasteiger partial charge in [0.05, 0.1) is 18.6 Å². The molecule has 0 amide bonds. The van der Waals surface area contributed by atoms with Crippen molar-refractivity contribution < 1.29 is 13.9 Å². The zero-order valence-electron chi connectivity index (χ0n) is 12.5. The van der Waals surface area contributed by atoms with Crippen LogP contribution in [0.2, 0.25) is 0 Å². The van der Waals surface area contributed by atoms with E-state index < -0.39 is 0 Å². The van der Waals surface area contributed by atoms with Gasteiger partial charge in [-0.3, -0.25) is 9.69 Å². The van der Waals surface area contributed by atoms with Gasteiger partial charge in [0, 0.05) is 0 Å². The normalized spacial score (nSPS) is 25.0. The molecule has 3 rings (SSSR count). The van der Waals surface area contributed by atoms with Gasteiger partial charge in [-0.2, -0.15) is 0 Å². The van der Waals surface area contributed by atoms with E-state index in [0.29, 0.717) is 13.0 Å². The first-order chi connectivity index (χ1) is 10.2. The van der Waals surface area contributed by atoms with Crippen LogP contribution < -0.4 is 0 Å². The molecule has 1 aromatic carbocycles.